The molecular formula is C15H8F3NO. The van der Waals surface area contributed by atoms with Crippen molar-refractivity contribution in [2.24, 2.45) is 0 Å². The van der Waals surface area contributed by atoms with Gasteiger partial charge in [-0.3, -0.25) is 4.79 Å². The summed E-state index contributed by atoms with van der Waals surface area (Å²) >= 11 is 0. The number of benzene rings is 2. The average molecular weight is 275 g/mol. The van der Waals surface area contributed by atoms with Gasteiger partial charge >= 0.3 is 0 Å². The molecule has 0 fully saturated rings. The summed E-state index contributed by atoms with van der Waals surface area (Å²) in [5, 5.41) is 0.000612. The van der Waals surface area contributed by atoms with Crippen LogP contribution in [0.1, 0.15) is 10.4 Å². The van der Waals surface area contributed by atoms with Crippen molar-refractivity contribution in [1.82, 2.24) is 4.98 Å². The Balaban J connectivity index is 2.37. The molecule has 0 bridgehead atoms. The normalized spacial score (nSPS) is 10.9. The van der Waals surface area contributed by atoms with Gasteiger partial charge in [-0.05, 0) is 18.2 Å². The van der Waals surface area contributed by atoms with Crippen LogP contribution in [0.3, 0.4) is 0 Å². The third-order valence-corrected chi connectivity index (χ3v) is 3.08. The molecule has 5 heteroatoms. The molecule has 0 aliphatic heterocycles. The zero-order valence-corrected chi connectivity index (χ0v) is 10.1. The molecule has 1 N–H and O–H groups in total. The molecule has 3 rings (SSSR count). The fraction of sp³-hybridized carbons (Fsp3) is 0. The first kappa shape index (κ1) is 12.5. The van der Waals surface area contributed by atoms with Gasteiger partial charge in [0.05, 0.1) is 16.8 Å². The molecule has 20 heavy (non-hydrogen) atoms. The van der Waals surface area contributed by atoms with E-state index in [1.807, 2.05) is 0 Å². The lowest BCUT2D eigenvalue weighted by atomic mass is 10.1. The molecule has 0 amide bonds. The third-order valence-electron chi connectivity index (χ3n) is 3.08. The van der Waals surface area contributed by atoms with E-state index in [1.54, 1.807) is 6.07 Å². The van der Waals surface area contributed by atoms with E-state index in [0.29, 0.717) is 17.9 Å². The van der Waals surface area contributed by atoms with Crippen molar-refractivity contribution in [2.75, 3.05) is 0 Å². The van der Waals surface area contributed by atoms with Gasteiger partial charge in [-0.25, -0.2) is 13.2 Å². The topological polar surface area (TPSA) is 32.9 Å². The average Bonchev–Trinajstić information content (AvgIpc) is 2.77. The van der Waals surface area contributed by atoms with Gasteiger partial charge in [0.25, 0.3) is 0 Å². The van der Waals surface area contributed by atoms with E-state index in [4.69, 9.17) is 0 Å². The summed E-state index contributed by atoms with van der Waals surface area (Å²) in [5.41, 5.74) is 0.856. The molecule has 2 aromatic carbocycles. The molecule has 0 aliphatic carbocycles. The smallest absolute Gasteiger partial charge is 0.152 e. The summed E-state index contributed by atoms with van der Waals surface area (Å²) in [6.45, 7) is 0. The van der Waals surface area contributed by atoms with Crippen LogP contribution in [0, 0.1) is 17.5 Å². The number of aldehydes is 1. The lowest BCUT2D eigenvalue weighted by molar-refractivity contribution is 0.112. The van der Waals surface area contributed by atoms with Crippen molar-refractivity contribution < 1.29 is 18.0 Å². The summed E-state index contributed by atoms with van der Waals surface area (Å²) in [4.78, 5) is 14.0. The number of halogens is 3. The molecule has 0 saturated carbocycles. The number of H-pyrrole nitrogens is 1. The summed E-state index contributed by atoms with van der Waals surface area (Å²) in [6, 6.07) is 7.32. The molecule has 100 valence electrons. The van der Waals surface area contributed by atoms with Crippen LogP contribution in [0.2, 0.25) is 0 Å². The molecule has 1 aromatic heterocycles. The van der Waals surface area contributed by atoms with Gasteiger partial charge in [-0.1, -0.05) is 12.1 Å². The van der Waals surface area contributed by atoms with Gasteiger partial charge in [0.15, 0.2) is 6.29 Å². The van der Waals surface area contributed by atoms with Gasteiger partial charge in [-0.2, -0.15) is 0 Å². The fourth-order valence-electron chi connectivity index (χ4n) is 2.26. The van der Waals surface area contributed by atoms with Gasteiger partial charge in [0.1, 0.15) is 17.5 Å². The predicted molar refractivity (Wildman–Crippen MR) is 69.0 cm³/mol. The van der Waals surface area contributed by atoms with Crippen LogP contribution in [0.5, 0.6) is 0 Å². The minimum atomic E-state index is -0.832. The Bertz CT molecular complexity index is 823. The van der Waals surface area contributed by atoms with E-state index in [0.717, 1.165) is 6.07 Å². The summed E-state index contributed by atoms with van der Waals surface area (Å²) in [6.07, 6.45) is 0.472. The minimum Gasteiger partial charge on any atom is -0.354 e. The highest BCUT2D eigenvalue weighted by Gasteiger charge is 2.17. The van der Waals surface area contributed by atoms with Crippen molar-refractivity contribution in [1.29, 1.82) is 0 Å². The molecule has 0 unspecified atom stereocenters. The Morgan fingerprint density at radius 3 is 2.50 bits per heavy atom. The molecule has 0 aliphatic rings. The van der Waals surface area contributed by atoms with Gasteiger partial charge in [0, 0.05) is 17.0 Å². The molecule has 1 heterocycles. The highest BCUT2D eigenvalue weighted by atomic mass is 19.1. The maximum atomic E-state index is 13.8. The first-order valence-electron chi connectivity index (χ1n) is 5.82. The van der Waals surface area contributed by atoms with Crippen LogP contribution >= 0.6 is 0 Å². The van der Waals surface area contributed by atoms with Crippen molar-refractivity contribution >= 4 is 17.2 Å². The van der Waals surface area contributed by atoms with E-state index < -0.39 is 17.5 Å². The molecule has 2 nitrogen and oxygen atoms in total. The van der Waals surface area contributed by atoms with Crippen molar-refractivity contribution in [3.63, 3.8) is 0 Å². The van der Waals surface area contributed by atoms with E-state index in [-0.39, 0.29) is 22.2 Å². The maximum Gasteiger partial charge on any atom is 0.152 e. The first-order chi connectivity index (χ1) is 9.60. The second-order valence-corrected chi connectivity index (χ2v) is 4.35. The quantitative estimate of drug-likeness (QED) is 0.703. The fourth-order valence-corrected chi connectivity index (χ4v) is 2.26. The van der Waals surface area contributed by atoms with Crippen LogP contribution in [0.4, 0.5) is 13.2 Å². The summed E-state index contributed by atoms with van der Waals surface area (Å²) in [7, 11) is 0. The molecule has 0 radical (unpaired) electrons. The van der Waals surface area contributed by atoms with Crippen molar-refractivity contribution in [3.8, 4) is 11.3 Å². The van der Waals surface area contributed by atoms with Crippen LogP contribution in [-0.2, 0) is 0 Å². The first-order valence-corrected chi connectivity index (χ1v) is 5.82. The molecule has 0 saturated heterocycles. The number of aromatic nitrogens is 1. The van der Waals surface area contributed by atoms with E-state index in [1.165, 1.54) is 18.2 Å². The highest BCUT2D eigenvalue weighted by Crippen LogP contribution is 2.31. The second kappa shape index (κ2) is 4.52. The van der Waals surface area contributed by atoms with Crippen LogP contribution in [0.25, 0.3) is 22.2 Å². The lowest BCUT2D eigenvalue weighted by Gasteiger charge is -1.99. The Hall–Kier alpha value is -2.56. The number of carbonyl (C=O) groups is 1. The van der Waals surface area contributed by atoms with Crippen molar-refractivity contribution in [2.45, 2.75) is 0 Å². The molecule has 3 aromatic rings. The largest absolute Gasteiger partial charge is 0.354 e. The third kappa shape index (κ3) is 1.87. The van der Waals surface area contributed by atoms with Crippen molar-refractivity contribution in [3.05, 3.63) is 59.4 Å². The summed E-state index contributed by atoms with van der Waals surface area (Å²) in [5.74, 6) is -2.06. The molecule has 0 spiro atoms. The number of rotatable bonds is 2. The van der Waals surface area contributed by atoms with E-state index in [2.05, 4.69) is 4.98 Å². The Morgan fingerprint density at radius 1 is 1.00 bits per heavy atom. The zero-order chi connectivity index (χ0) is 14.3. The molecular weight excluding hydrogens is 267 g/mol. The van der Waals surface area contributed by atoms with Crippen LogP contribution in [0.15, 0.2) is 36.4 Å². The second-order valence-electron chi connectivity index (χ2n) is 4.35. The number of aromatic amines is 1. The zero-order valence-electron chi connectivity index (χ0n) is 10.1. The number of carbonyl (C=O) groups excluding carboxylic acids is 1. The lowest BCUT2D eigenvalue weighted by Crippen LogP contribution is -1.87. The number of fused-ring (bicyclic) bond motifs is 1. The SMILES string of the molecule is O=Cc1c(-c2cccc(F)c2)[nH]c2cc(F)cc(F)c12. The van der Waals surface area contributed by atoms with E-state index in [9.17, 15) is 18.0 Å². The Morgan fingerprint density at radius 2 is 1.80 bits per heavy atom. The maximum absolute atomic E-state index is 13.8. The summed E-state index contributed by atoms with van der Waals surface area (Å²) < 4.78 is 40.3. The standard InChI is InChI=1S/C15H8F3NO/c16-9-3-1-2-8(4-9)15-11(7-20)14-12(18)5-10(17)6-13(14)19-15/h1-7,19H. The molecule has 0 atom stereocenters. The monoisotopic (exact) mass is 275 g/mol. The van der Waals surface area contributed by atoms with Gasteiger partial charge < -0.3 is 4.98 Å². The van der Waals surface area contributed by atoms with Gasteiger partial charge in [-0.15, -0.1) is 0 Å². The number of hydrogen-bond donors (Lipinski definition) is 1. The number of hydrogen-bond acceptors (Lipinski definition) is 1. The minimum absolute atomic E-state index is 0.000612. The van der Waals surface area contributed by atoms with Crippen LogP contribution < -0.4 is 0 Å². The Labute approximate surface area is 111 Å². The van der Waals surface area contributed by atoms with E-state index >= 15 is 0 Å². The highest BCUT2D eigenvalue weighted by molar-refractivity contribution is 6.04. The Kier molecular flexibility index (Phi) is 2.82. The van der Waals surface area contributed by atoms with Crippen LogP contribution in [-0.4, -0.2) is 11.3 Å². The van der Waals surface area contributed by atoms with Gasteiger partial charge in [0.2, 0.25) is 0 Å². The predicted octanol–water partition coefficient (Wildman–Crippen LogP) is 4.06. The number of nitrogens with one attached hydrogen (secondary N) is 1.